The summed E-state index contributed by atoms with van der Waals surface area (Å²) in [4.78, 5) is 19.5. The highest BCUT2D eigenvalue weighted by Gasteiger charge is 2.16. The summed E-state index contributed by atoms with van der Waals surface area (Å²) in [5.74, 6) is 2.53. The Kier molecular flexibility index (Phi) is 7.06. The largest absolute Gasteiger partial charge is 0.436 e. The van der Waals surface area contributed by atoms with Crippen LogP contribution in [0.5, 0.6) is 0 Å². The molecule has 0 spiro atoms. The first-order chi connectivity index (χ1) is 24.3. The highest BCUT2D eigenvalue weighted by atomic mass is 16.3. The van der Waals surface area contributed by atoms with Gasteiger partial charge < -0.3 is 4.42 Å². The van der Waals surface area contributed by atoms with Gasteiger partial charge in [0, 0.05) is 22.3 Å². The molecular formula is C44H28N4O. The second kappa shape index (κ2) is 12.1. The highest BCUT2D eigenvalue weighted by molar-refractivity contribution is 6.05. The van der Waals surface area contributed by atoms with Crippen molar-refractivity contribution < 1.29 is 4.42 Å². The van der Waals surface area contributed by atoms with Crippen LogP contribution in [0, 0.1) is 0 Å². The van der Waals surface area contributed by atoms with Gasteiger partial charge in [-0.3, -0.25) is 0 Å². The predicted molar refractivity (Wildman–Crippen MR) is 198 cm³/mol. The van der Waals surface area contributed by atoms with Crippen LogP contribution < -0.4 is 0 Å². The van der Waals surface area contributed by atoms with Gasteiger partial charge in [0.15, 0.2) is 23.1 Å². The van der Waals surface area contributed by atoms with E-state index in [9.17, 15) is 0 Å². The third-order valence-electron chi connectivity index (χ3n) is 8.78. The molecule has 5 heteroatoms. The molecule has 0 saturated carbocycles. The molecule has 2 aromatic heterocycles. The summed E-state index contributed by atoms with van der Waals surface area (Å²) in [6.45, 7) is 0. The van der Waals surface area contributed by atoms with Crippen LogP contribution in [-0.4, -0.2) is 19.9 Å². The molecule has 9 rings (SSSR count). The van der Waals surface area contributed by atoms with Crippen molar-refractivity contribution in [2.75, 3.05) is 0 Å². The fourth-order valence-electron chi connectivity index (χ4n) is 6.34. The average Bonchev–Trinajstić information content (AvgIpc) is 3.62. The number of benzene rings is 7. The van der Waals surface area contributed by atoms with E-state index in [1.165, 1.54) is 10.8 Å². The summed E-state index contributed by atoms with van der Waals surface area (Å²) in [6.07, 6.45) is 0. The second-order valence-electron chi connectivity index (χ2n) is 11.9. The third-order valence-corrected chi connectivity index (χ3v) is 8.78. The Morgan fingerprint density at radius 1 is 0.367 bits per heavy atom. The van der Waals surface area contributed by atoms with Crippen LogP contribution in [0.3, 0.4) is 0 Å². The van der Waals surface area contributed by atoms with Gasteiger partial charge in [0.1, 0.15) is 5.52 Å². The van der Waals surface area contributed by atoms with Crippen LogP contribution >= 0.6 is 0 Å². The summed E-state index contributed by atoms with van der Waals surface area (Å²) >= 11 is 0. The highest BCUT2D eigenvalue weighted by Crippen LogP contribution is 2.40. The molecule has 0 bridgehead atoms. The number of hydrogen-bond donors (Lipinski definition) is 0. The van der Waals surface area contributed by atoms with E-state index in [1.807, 2.05) is 97.1 Å². The topological polar surface area (TPSA) is 64.7 Å². The maximum absolute atomic E-state index is 6.27. The lowest BCUT2D eigenvalue weighted by molar-refractivity contribution is 0.620. The number of fused-ring (bicyclic) bond motifs is 2. The molecule has 0 amide bonds. The van der Waals surface area contributed by atoms with Crippen LogP contribution in [0.1, 0.15) is 0 Å². The quantitative estimate of drug-likeness (QED) is 0.183. The molecule has 0 N–H and O–H groups in total. The van der Waals surface area contributed by atoms with Crippen LogP contribution in [0.15, 0.2) is 174 Å². The zero-order valence-corrected chi connectivity index (χ0v) is 26.4. The molecule has 0 fully saturated rings. The van der Waals surface area contributed by atoms with Crippen LogP contribution in [-0.2, 0) is 0 Å². The number of nitrogens with zero attached hydrogens (tertiary/aromatic N) is 4. The Morgan fingerprint density at radius 3 is 1.51 bits per heavy atom. The summed E-state index contributed by atoms with van der Waals surface area (Å²) in [7, 11) is 0. The van der Waals surface area contributed by atoms with E-state index < -0.39 is 0 Å². The Morgan fingerprint density at radius 2 is 0.878 bits per heavy atom. The van der Waals surface area contributed by atoms with E-state index in [0.717, 1.165) is 55.6 Å². The van der Waals surface area contributed by atoms with Crippen molar-refractivity contribution >= 4 is 21.9 Å². The van der Waals surface area contributed by atoms with Crippen molar-refractivity contribution in [3.63, 3.8) is 0 Å². The number of oxazole rings is 1. The fourth-order valence-corrected chi connectivity index (χ4v) is 6.34. The summed E-state index contributed by atoms with van der Waals surface area (Å²) in [5.41, 5.74) is 9.77. The van der Waals surface area contributed by atoms with E-state index in [2.05, 4.69) is 72.8 Å². The first-order valence-electron chi connectivity index (χ1n) is 16.2. The summed E-state index contributed by atoms with van der Waals surface area (Å²) in [6, 6.07) is 57.8. The molecule has 0 unspecified atom stereocenters. The van der Waals surface area contributed by atoms with Crippen molar-refractivity contribution in [3.8, 4) is 67.9 Å². The Balaban J connectivity index is 1.15. The molecule has 9 aromatic rings. The van der Waals surface area contributed by atoms with Crippen LogP contribution in [0.25, 0.3) is 89.7 Å². The minimum Gasteiger partial charge on any atom is -0.436 e. The molecule has 0 radical (unpaired) electrons. The smallest absolute Gasteiger partial charge is 0.227 e. The van der Waals surface area contributed by atoms with Crippen molar-refractivity contribution in [1.82, 2.24) is 19.9 Å². The first-order valence-corrected chi connectivity index (χ1v) is 16.2. The number of hydrogen-bond acceptors (Lipinski definition) is 5. The lowest BCUT2D eigenvalue weighted by atomic mass is 9.89. The van der Waals surface area contributed by atoms with Crippen LogP contribution in [0.2, 0.25) is 0 Å². The van der Waals surface area contributed by atoms with Gasteiger partial charge in [-0.1, -0.05) is 146 Å². The van der Waals surface area contributed by atoms with Crippen molar-refractivity contribution in [3.05, 3.63) is 170 Å². The van der Waals surface area contributed by atoms with Gasteiger partial charge in [0.25, 0.3) is 0 Å². The summed E-state index contributed by atoms with van der Waals surface area (Å²) in [5, 5.41) is 2.35. The molecule has 2 heterocycles. The van der Waals surface area contributed by atoms with Gasteiger partial charge >= 0.3 is 0 Å². The summed E-state index contributed by atoms with van der Waals surface area (Å²) < 4.78 is 6.27. The lowest BCUT2D eigenvalue weighted by Crippen LogP contribution is -2.00. The number of rotatable bonds is 6. The van der Waals surface area contributed by atoms with Gasteiger partial charge in [0.05, 0.1) is 0 Å². The van der Waals surface area contributed by atoms with Gasteiger partial charge in [-0.15, -0.1) is 0 Å². The van der Waals surface area contributed by atoms with E-state index in [4.69, 9.17) is 24.4 Å². The maximum atomic E-state index is 6.27. The average molecular weight is 629 g/mol. The first kappa shape index (κ1) is 28.5. The van der Waals surface area contributed by atoms with E-state index in [-0.39, 0.29) is 0 Å². The molecule has 0 saturated heterocycles. The molecule has 0 aliphatic carbocycles. The molecule has 7 aromatic carbocycles. The van der Waals surface area contributed by atoms with E-state index >= 15 is 0 Å². The number of aromatic nitrogens is 4. The van der Waals surface area contributed by atoms with E-state index in [1.54, 1.807) is 0 Å². The maximum Gasteiger partial charge on any atom is 0.227 e. The molecule has 0 atom stereocenters. The molecule has 230 valence electrons. The van der Waals surface area contributed by atoms with Gasteiger partial charge in [-0.05, 0) is 57.3 Å². The molecule has 0 aliphatic rings. The molecule has 5 nitrogen and oxygen atoms in total. The zero-order chi connectivity index (χ0) is 32.6. The lowest BCUT2D eigenvalue weighted by Gasteiger charge is -2.15. The third kappa shape index (κ3) is 5.43. The Bertz CT molecular complexity index is 2520. The normalized spacial score (nSPS) is 11.3. The Labute approximate surface area is 283 Å². The van der Waals surface area contributed by atoms with Gasteiger partial charge in [-0.2, -0.15) is 0 Å². The Hall–Kier alpha value is -6.72. The van der Waals surface area contributed by atoms with Crippen molar-refractivity contribution in [1.29, 1.82) is 0 Å². The van der Waals surface area contributed by atoms with Crippen molar-refractivity contribution in [2.45, 2.75) is 0 Å². The fraction of sp³-hybridized carbons (Fsp3) is 0. The van der Waals surface area contributed by atoms with Gasteiger partial charge in [-0.25, -0.2) is 19.9 Å². The standard InChI is InChI=1S/C44H28N4O/c1-4-13-31(14-5-1)41-46-42(32-15-6-2-7-16-32)48-43(47-41)33-22-20-30(21-23-33)40-36-19-11-10-12-29(36)24-26-37(40)35-25-27-38-39(28-35)49-44(45-38)34-17-8-3-9-18-34/h1-28H. The SMILES string of the molecule is c1ccc(-c2nc(-c3ccccc3)nc(-c3ccc(-c4c(-c5ccc6nc(-c7ccccc7)oc6c5)ccc5ccccc45)cc3)n2)cc1. The molecule has 0 aliphatic heterocycles. The minimum absolute atomic E-state index is 0.617. The minimum atomic E-state index is 0.617. The van der Waals surface area contributed by atoms with Crippen molar-refractivity contribution in [2.24, 2.45) is 0 Å². The zero-order valence-electron chi connectivity index (χ0n) is 26.4. The molecule has 49 heavy (non-hydrogen) atoms. The van der Waals surface area contributed by atoms with Crippen LogP contribution in [0.4, 0.5) is 0 Å². The predicted octanol–water partition coefficient (Wildman–Crippen LogP) is 11.2. The monoisotopic (exact) mass is 628 g/mol. The van der Waals surface area contributed by atoms with E-state index in [0.29, 0.717) is 23.4 Å². The second-order valence-corrected chi connectivity index (χ2v) is 11.9. The van der Waals surface area contributed by atoms with Gasteiger partial charge in [0.2, 0.25) is 5.89 Å². The molecular weight excluding hydrogens is 601 g/mol.